The molecule has 1 aromatic rings. The number of carbonyl (C=O) groups excluding carboxylic acids is 1. The van der Waals surface area contributed by atoms with Gasteiger partial charge in [-0.15, -0.1) is 0 Å². The molecule has 0 atom stereocenters. The van der Waals surface area contributed by atoms with Crippen molar-refractivity contribution in [2.45, 2.75) is 33.1 Å². The zero-order chi connectivity index (χ0) is 14.8. The second kappa shape index (κ2) is 9.32. The molecule has 1 amide bonds. The Balaban J connectivity index is 2.30. The van der Waals surface area contributed by atoms with E-state index < -0.39 is 0 Å². The van der Waals surface area contributed by atoms with E-state index >= 15 is 0 Å². The van der Waals surface area contributed by atoms with Crippen molar-refractivity contribution < 1.29 is 9.53 Å². The summed E-state index contributed by atoms with van der Waals surface area (Å²) in [7, 11) is 0. The highest BCUT2D eigenvalue weighted by Gasteiger charge is 2.04. The van der Waals surface area contributed by atoms with Gasteiger partial charge in [0.2, 0.25) is 0 Å². The predicted octanol–water partition coefficient (Wildman–Crippen LogP) is 3.35. The van der Waals surface area contributed by atoms with Gasteiger partial charge in [-0.25, -0.2) is 0 Å². The third kappa shape index (κ3) is 6.53. The van der Waals surface area contributed by atoms with Crippen LogP contribution in [0.1, 0.15) is 42.6 Å². The van der Waals surface area contributed by atoms with Crippen LogP contribution < -0.4 is 5.32 Å². The van der Waals surface area contributed by atoms with Crippen LogP contribution >= 0.6 is 0 Å². The van der Waals surface area contributed by atoms with Crippen molar-refractivity contribution in [2.24, 2.45) is 0 Å². The molecule has 110 valence electrons. The lowest BCUT2D eigenvalue weighted by Crippen LogP contribution is -2.27. The number of amides is 1. The molecular weight excluding hydrogens is 250 g/mol. The predicted molar refractivity (Wildman–Crippen MR) is 83.0 cm³/mol. The van der Waals surface area contributed by atoms with Crippen LogP contribution in [-0.4, -0.2) is 25.7 Å². The number of ether oxygens (including phenoxy) is 1. The standard InChI is InChI=1S/C17H25NO2/c1-4-5-6-15-7-9-16(10-8-15)17(19)18-11-12-20-13-14(2)3/h7-10H,2,4-6,11-13H2,1,3H3,(H,18,19). The molecule has 1 aromatic carbocycles. The molecule has 0 bridgehead atoms. The Morgan fingerprint density at radius 2 is 2.00 bits per heavy atom. The van der Waals surface area contributed by atoms with E-state index in [2.05, 4.69) is 18.8 Å². The monoisotopic (exact) mass is 275 g/mol. The van der Waals surface area contributed by atoms with Gasteiger partial charge in [0, 0.05) is 12.1 Å². The maximum Gasteiger partial charge on any atom is 0.251 e. The maximum atomic E-state index is 11.9. The first-order valence-electron chi connectivity index (χ1n) is 7.22. The summed E-state index contributed by atoms with van der Waals surface area (Å²) in [5, 5.41) is 2.84. The van der Waals surface area contributed by atoms with Gasteiger partial charge in [-0.05, 0) is 37.5 Å². The van der Waals surface area contributed by atoms with E-state index in [1.54, 1.807) is 0 Å². The van der Waals surface area contributed by atoms with Crippen LogP contribution in [0.25, 0.3) is 0 Å². The summed E-state index contributed by atoms with van der Waals surface area (Å²) in [5.74, 6) is -0.0500. The number of unbranched alkanes of at least 4 members (excludes halogenated alkanes) is 1. The van der Waals surface area contributed by atoms with Crippen molar-refractivity contribution in [3.8, 4) is 0 Å². The molecule has 0 fully saturated rings. The van der Waals surface area contributed by atoms with Gasteiger partial charge in [0.1, 0.15) is 0 Å². The normalized spacial score (nSPS) is 10.3. The van der Waals surface area contributed by atoms with Crippen LogP contribution in [0.4, 0.5) is 0 Å². The van der Waals surface area contributed by atoms with Gasteiger partial charge >= 0.3 is 0 Å². The van der Waals surface area contributed by atoms with Crippen molar-refractivity contribution in [2.75, 3.05) is 19.8 Å². The molecule has 0 aliphatic rings. The van der Waals surface area contributed by atoms with E-state index in [-0.39, 0.29) is 5.91 Å². The molecular formula is C17H25NO2. The highest BCUT2D eigenvalue weighted by atomic mass is 16.5. The fourth-order valence-electron chi connectivity index (χ4n) is 1.79. The summed E-state index contributed by atoms with van der Waals surface area (Å²) in [6.45, 7) is 9.41. The smallest absolute Gasteiger partial charge is 0.251 e. The maximum absolute atomic E-state index is 11.9. The molecule has 0 aliphatic carbocycles. The first-order chi connectivity index (χ1) is 9.63. The lowest BCUT2D eigenvalue weighted by Gasteiger charge is -2.07. The summed E-state index contributed by atoms with van der Waals surface area (Å²) < 4.78 is 5.33. The SMILES string of the molecule is C=C(C)COCCNC(=O)c1ccc(CCCC)cc1. The van der Waals surface area contributed by atoms with E-state index in [0.29, 0.717) is 25.3 Å². The van der Waals surface area contributed by atoms with Crippen LogP contribution in [0, 0.1) is 0 Å². The Labute approximate surface area is 122 Å². The molecule has 1 rings (SSSR count). The van der Waals surface area contributed by atoms with E-state index in [4.69, 9.17) is 4.74 Å². The van der Waals surface area contributed by atoms with Gasteiger partial charge in [0.25, 0.3) is 5.91 Å². The number of carbonyl (C=O) groups is 1. The summed E-state index contributed by atoms with van der Waals surface area (Å²) in [4.78, 5) is 11.9. The van der Waals surface area contributed by atoms with Crippen LogP contribution in [0.5, 0.6) is 0 Å². The number of nitrogens with one attached hydrogen (secondary N) is 1. The van der Waals surface area contributed by atoms with Crippen molar-refractivity contribution in [1.29, 1.82) is 0 Å². The third-order valence-electron chi connectivity index (χ3n) is 2.92. The summed E-state index contributed by atoms with van der Waals surface area (Å²) in [6, 6.07) is 7.83. The minimum atomic E-state index is -0.0500. The van der Waals surface area contributed by atoms with Crippen LogP contribution in [-0.2, 0) is 11.2 Å². The molecule has 0 radical (unpaired) electrons. The second-order valence-electron chi connectivity index (χ2n) is 5.07. The highest BCUT2D eigenvalue weighted by Crippen LogP contribution is 2.07. The summed E-state index contributed by atoms with van der Waals surface area (Å²) in [5.41, 5.74) is 2.97. The Bertz CT molecular complexity index is 423. The van der Waals surface area contributed by atoms with Crippen molar-refractivity contribution in [3.63, 3.8) is 0 Å². The number of hydrogen-bond acceptors (Lipinski definition) is 2. The Kier molecular flexibility index (Phi) is 7.66. The minimum absolute atomic E-state index is 0.0500. The highest BCUT2D eigenvalue weighted by molar-refractivity contribution is 5.94. The van der Waals surface area contributed by atoms with Gasteiger partial charge in [-0.2, -0.15) is 0 Å². The fraction of sp³-hybridized carbons (Fsp3) is 0.471. The average molecular weight is 275 g/mol. The van der Waals surface area contributed by atoms with Crippen LogP contribution in [0.3, 0.4) is 0 Å². The molecule has 1 N–H and O–H groups in total. The Morgan fingerprint density at radius 3 is 2.60 bits per heavy atom. The quantitative estimate of drug-likeness (QED) is 0.554. The number of hydrogen-bond donors (Lipinski definition) is 1. The van der Waals surface area contributed by atoms with Crippen molar-refractivity contribution >= 4 is 5.91 Å². The molecule has 0 spiro atoms. The third-order valence-corrected chi connectivity index (χ3v) is 2.92. The van der Waals surface area contributed by atoms with Crippen LogP contribution in [0.15, 0.2) is 36.4 Å². The lowest BCUT2D eigenvalue weighted by molar-refractivity contribution is 0.0927. The minimum Gasteiger partial charge on any atom is -0.375 e. The van der Waals surface area contributed by atoms with E-state index in [0.717, 1.165) is 12.0 Å². The first kappa shape index (κ1) is 16.4. The Hall–Kier alpha value is -1.61. The second-order valence-corrected chi connectivity index (χ2v) is 5.07. The average Bonchev–Trinajstić information content (AvgIpc) is 2.44. The van der Waals surface area contributed by atoms with Gasteiger partial charge in [-0.1, -0.05) is 37.6 Å². The summed E-state index contributed by atoms with van der Waals surface area (Å²) >= 11 is 0. The molecule has 0 aliphatic heterocycles. The van der Waals surface area contributed by atoms with E-state index in [1.807, 2.05) is 31.2 Å². The van der Waals surface area contributed by atoms with E-state index in [1.165, 1.54) is 18.4 Å². The molecule has 0 unspecified atom stereocenters. The van der Waals surface area contributed by atoms with Crippen molar-refractivity contribution in [3.05, 3.63) is 47.5 Å². The fourth-order valence-corrected chi connectivity index (χ4v) is 1.79. The van der Waals surface area contributed by atoms with Gasteiger partial charge in [-0.3, -0.25) is 4.79 Å². The molecule has 0 saturated carbocycles. The molecule has 0 heterocycles. The zero-order valence-electron chi connectivity index (χ0n) is 12.6. The van der Waals surface area contributed by atoms with E-state index in [9.17, 15) is 4.79 Å². The van der Waals surface area contributed by atoms with Gasteiger partial charge < -0.3 is 10.1 Å². The molecule has 0 saturated heterocycles. The van der Waals surface area contributed by atoms with Crippen LogP contribution in [0.2, 0.25) is 0 Å². The Morgan fingerprint density at radius 1 is 1.30 bits per heavy atom. The van der Waals surface area contributed by atoms with Gasteiger partial charge in [0.15, 0.2) is 0 Å². The van der Waals surface area contributed by atoms with Gasteiger partial charge in [0.05, 0.1) is 13.2 Å². The molecule has 3 nitrogen and oxygen atoms in total. The molecule has 0 aromatic heterocycles. The largest absolute Gasteiger partial charge is 0.375 e. The molecule has 3 heteroatoms. The summed E-state index contributed by atoms with van der Waals surface area (Å²) in [6.07, 6.45) is 3.45. The number of benzene rings is 1. The topological polar surface area (TPSA) is 38.3 Å². The zero-order valence-corrected chi connectivity index (χ0v) is 12.6. The lowest BCUT2D eigenvalue weighted by atomic mass is 10.1. The molecule has 20 heavy (non-hydrogen) atoms. The van der Waals surface area contributed by atoms with Crippen molar-refractivity contribution in [1.82, 2.24) is 5.32 Å². The number of rotatable bonds is 9. The number of aryl methyl sites for hydroxylation is 1. The first-order valence-corrected chi connectivity index (χ1v) is 7.22.